The topological polar surface area (TPSA) is 40.6 Å². The van der Waals surface area contributed by atoms with Gasteiger partial charge in [0.1, 0.15) is 4.90 Å². The molecule has 134 valence electrons. The second-order valence-electron chi connectivity index (χ2n) is 6.09. The summed E-state index contributed by atoms with van der Waals surface area (Å²) in [6.45, 7) is 3.30. The highest BCUT2D eigenvalue weighted by molar-refractivity contribution is 7.89. The van der Waals surface area contributed by atoms with E-state index < -0.39 is 10.0 Å². The molecule has 4 nitrogen and oxygen atoms in total. The molecule has 0 saturated carbocycles. The number of hydrogen-bond donors (Lipinski definition) is 0. The monoisotopic (exact) mass is 398 g/mol. The Labute approximate surface area is 159 Å². The Balaban J connectivity index is 1.73. The molecule has 1 fully saturated rings. The molecule has 0 aliphatic carbocycles. The van der Waals surface area contributed by atoms with Gasteiger partial charge in [-0.2, -0.15) is 4.31 Å². The van der Waals surface area contributed by atoms with E-state index in [1.54, 1.807) is 6.07 Å². The normalized spacial score (nSPS) is 17.4. The van der Waals surface area contributed by atoms with Crippen LogP contribution < -0.4 is 0 Å². The zero-order valence-electron chi connectivity index (χ0n) is 13.7. The molecule has 0 bridgehead atoms. The molecular formula is C18H20Cl2N2O2S. The highest BCUT2D eigenvalue weighted by Crippen LogP contribution is 2.28. The van der Waals surface area contributed by atoms with Gasteiger partial charge in [-0.15, -0.1) is 0 Å². The molecule has 1 saturated heterocycles. The van der Waals surface area contributed by atoms with Crippen LogP contribution in [0.25, 0.3) is 0 Å². The number of rotatable bonds is 4. The fourth-order valence-corrected chi connectivity index (χ4v) is 5.21. The van der Waals surface area contributed by atoms with E-state index in [4.69, 9.17) is 23.2 Å². The van der Waals surface area contributed by atoms with E-state index in [1.807, 2.05) is 18.2 Å². The summed E-state index contributed by atoms with van der Waals surface area (Å²) in [7, 11) is -3.64. The molecule has 0 amide bonds. The molecule has 0 aromatic heterocycles. The Hall–Kier alpha value is -1.11. The molecule has 2 aromatic rings. The van der Waals surface area contributed by atoms with Crippen LogP contribution in [0.15, 0.2) is 53.4 Å². The molecule has 7 heteroatoms. The average molecular weight is 399 g/mol. The second-order valence-corrected chi connectivity index (χ2v) is 8.84. The summed E-state index contributed by atoms with van der Waals surface area (Å²) >= 11 is 12.1. The summed E-state index contributed by atoms with van der Waals surface area (Å²) in [5, 5.41) is 0.568. The maximum Gasteiger partial charge on any atom is 0.244 e. The number of sulfonamides is 1. The molecule has 0 unspecified atom stereocenters. The summed E-state index contributed by atoms with van der Waals surface area (Å²) in [6, 6.07) is 14.7. The molecular weight excluding hydrogens is 379 g/mol. The zero-order chi connectivity index (χ0) is 17.9. The highest BCUT2D eigenvalue weighted by Gasteiger charge is 2.28. The summed E-state index contributed by atoms with van der Waals surface area (Å²) in [5.74, 6) is 0. The first kappa shape index (κ1) is 18.7. The van der Waals surface area contributed by atoms with Gasteiger partial charge in [0.25, 0.3) is 0 Å². The molecule has 3 rings (SSSR count). The van der Waals surface area contributed by atoms with Crippen LogP contribution in [0.2, 0.25) is 10.0 Å². The minimum absolute atomic E-state index is 0.0816. The van der Waals surface area contributed by atoms with Gasteiger partial charge in [-0.3, -0.25) is 4.90 Å². The molecule has 1 heterocycles. The lowest BCUT2D eigenvalue weighted by molar-refractivity contribution is 0.278. The summed E-state index contributed by atoms with van der Waals surface area (Å²) in [6.07, 6.45) is 0.782. The van der Waals surface area contributed by atoms with Crippen LogP contribution in [0.3, 0.4) is 0 Å². The first-order chi connectivity index (χ1) is 12.0. The lowest BCUT2D eigenvalue weighted by Gasteiger charge is -2.22. The Morgan fingerprint density at radius 1 is 0.920 bits per heavy atom. The van der Waals surface area contributed by atoms with Crippen LogP contribution in [0.5, 0.6) is 0 Å². The third kappa shape index (κ3) is 4.54. The van der Waals surface area contributed by atoms with Gasteiger partial charge in [0.2, 0.25) is 10.0 Å². The molecule has 25 heavy (non-hydrogen) atoms. The third-order valence-corrected chi connectivity index (χ3v) is 6.92. The summed E-state index contributed by atoms with van der Waals surface area (Å²) in [5.41, 5.74) is 1.23. The molecule has 0 atom stereocenters. The first-order valence-corrected chi connectivity index (χ1v) is 10.4. The molecule has 0 spiro atoms. The fourth-order valence-electron chi connectivity index (χ4n) is 3.00. The van der Waals surface area contributed by atoms with E-state index >= 15 is 0 Å². The fraction of sp³-hybridized carbons (Fsp3) is 0.333. The number of benzene rings is 2. The Bertz CT molecular complexity index is 828. The van der Waals surface area contributed by atoms with Crippen molar-refractivity contribution in [3.05, 3.63) is 64.1 Å². The van der Waals surface area contributed by atoms with Crippen molar-refractivity contribution >= 4 is 33.2 Å². The minimum atomic E-state index is -3.64. The van der Waals surface area contributed by atoms with E-state index in [9.17, 15) is 8.42 Å². The van der Waals surface area contributed by atoms with E-state index in [0.717, 1.165) is 19.5 Å². The predicted molar refractivity (Wildman–Crippen MR) is 102 cm³/mol. The van der Waals surface area contributed by atoms with Gasteiger partial charge in [0.05, 0.1) is 5.02 Å². The van der Waals surface area contributed by atoms with Crippen molar-refractivity contribution in [3.8, 4) is 0 Å². The van der Waals surface area contributed by atoms with Gasteiger partial charge >= 0.3 is 0 Å². The van der Waals surface area contributed by atoms with Crippen LogP contribution in [0, 0.1) is 0 Å². The van der Waals surface area contributed by atoms with Gasteiger partial charge < -0.3 is 0 Å². The number of nitrogens with zero attached hydrogens (tertiary/aromatic N) is 2. The van der Waals surface area contributed by atoms with Crippen molar-refractivity contribution in [3.63, 3.8) is 0 Å². The van der Waals surface area contributed by atoms with Crippen LogP contribution in [0.1, 0.15) is 12.0 Å². The predicted octanol–water partition coefficient (Wildman–Crippen LogP) is 3.89. The zero-order valence-corrected chi connectivity index (χ0v) is 16.1. The summed E-state index contributed by atoms with van der Waals surface area (Å²) in [4.78, 5) is 2.36. The van der Waals surface area contributed by atoms with Crippen LogP contribution in [0.4, 0.5) is 0 Å². The van der Waals surface area contributed by atoms with Gasteiger partial charge in [-0.1, -0.05) is 53.5 Å². The van der Waals surface area contributed by atoms with Crippen LogP contribution >= 0.6 is 23.2 Å². The van der Waals surface area contributed by atoms with Crippen molar-refractivity contribution in [2.24, 2.45) is 0 Å². The number of halogens is 2. The molecule has 0 N–H and O–H groups in total. The van der Waals surface area contributed by atoms with Gasteiger partial charge in [-0.25, -0.2) is 8.42 Å². The molecule has 2 aromatic carbocycles. The van der Waals surface area contributed by atoms with E-state index in [2.05, 4.69) is 17.0 Å². The van der Waals surface area contributed by atoms with Crippen molar-refractivity contribution in [1.82, 2.24) is 9.21 Å². The Morgan fingerprint density at radius 2 is 1.68 bits per heavy atom. The van der Waals surface area contributed by atoms with E-state index in [1.165, 1.54) is 22.0 Å². The number of hydrogen-bond acceptors (Lipinski definition) is 3. The van der Waals surface area contributed by atoms with Crippen molar-refractivity contribution in [2.45, 2.75) is 17.9 Å². The van der Waals surface area contributed by atoms with Gasteiger partial charge in [0.15, 0.2) is 0 Å². The molecule has 1 aliphatic heterocycles. The first-order valence-electron chi connectivity index (χ1n) is 8.18. The van der Waals surface area contributed by atoms with Crippen molar-refractivity contribution in [2.75, 3.05) is 26.2 Å². The van der Waals surface area contributed by atoms with Crippen LogP contribution in [-0.2, 0) is 16.6 Å². The maximum absolute atomic E-state index is 12.9. The van der Waals surface area contributed by atoms with E-state index in [0.29, 0.717) is 24.7 Å². The SMILES string of the molecule is O=S(=O)(c1cc(Cl)ccc1Cl)N1CCCN(Cc2ccccc2)CC1. The largest absolute Gasteiger partial charge is 0.298 e. The van der Waals surface area contributed by atoms with Crippen molar-refractivity contribution < 1.29 is 8.42 Å². The lowest BCUT2D eigenvalue weighted by Crippen LogP contribution is -2.35. The molecule has 1 aliphatic rings. The van der Waals surface area contributed by atoms with Crippen molar-refractivity contribution in [1.29, 1.82) is 0 Å². The Morgan fingerprint density at radius 3 is 2.44 bits per heavy atom. The summed E-state index contributed by atoms with van der Waals surface area (Å²) < 4.78 is 27.4. The highest BCUT2D eigenvalue weighted by atomic mass is 35.5. The second kappa shape index (κ2) is 8.06. The van der Waals surface area contributed by atoms with Gasteiger partial charge in [0, 0.05) is 31.2 Å². The van der Waals surface area contributed by atoms with Gasteiger partial charge in [-0.05, 0) is 36.7 Å². The standard InChI is InChI=1S/C18H20Cl2N2O2S/c19-16-7-8-17(20)18(13-16)25(23,24)22-10-4-9-21(11-12-22)14-15-5-2-1-3-6-15/h1-3,5-8,13H,4,9-12,14H2. The quantitative estimate of drug-likeness (QED) is 0.783. The van der Waals surface area contributed by atoms with Crippen LogP contribution in [-0.4, -0.2) is 43.8 Å². The Kier molecular flexibility index (Phi) is 6.02. The van der Waals surface area contributed by atoms with E-state index in [-0.39, 0.29) is 9.92 Å². The molecule has 0 radical (unpaired) electrons. The lowest BCUT2D eigenvalue weighted by atomic mass is 10.2. The smallest absolute Gasteiger partial charge is 0.244 e. The average Bonchev–Trinajstić information content (AvgIpc) is 2.84. The third-order valence-electron chi connectivity index (χ3n) is 4.31. The minimum Gasteiger partial charge on any atom is -0.298 e. The maximum atomic E-state index is 12.9.